The van der Waals surface area contributed by atoms with Crippen molar-refractivity contribution in [3.8, 4) is 5.75 Å². The second-order valence-corrected chi connectivity index (χ2v) is 10.4. The Kier molecular flexibility index (Phi) is 10.3. The van der Waals surface area contributed by atoms with Crippen LogP contribution in [0.2, 0.25) is 0 Å². The van der Waals surface area contributed by atoms with E-state index in [1.807, 2.05) is 84.9 Å². The molecule has 0 spiro atoms. The maximum atomic E-state index is 13.8. The van der Waals surface area contributed by atoms with Gasteiger partial charge in [-0.15, -0.1) is 0 Å². The van der Waals surface area contributed by atoms with Crippen molar-refractivity contribution in [1.82, 2.24) is 10.2 Å². The Bertz CT molecular complexity index is 1120. The van der Waals surface area contributed by atoms with E-state index in [0.29, 0.717) is 25.3 Å². The number of unbranched alkanes of at least 4 members (excludes halogenated alkanes) is 1. The first-order chi connectivity index (χ1) is 17.8. The molecule has 1 unspecified atom stereocenters. The fraction of sp³-hybridized carbons (Fsp3) is 0.375. The molecule has 0 aromatic heterocycles. The van der Waals surface area contributed by atoms with E-state index in [4.69, 9.17) is 4.74 Å². The first kappa shape index (κ1) is 28.0. The lowest BCUT2D eigenvalue weighted by molar-refractivity contribution is -0.142. The zero-order valence-electron chi connectivity index (χ0n) is 22.6. The first-order valence-electron chi connectivity index (χ1n) is 13.2. The number of carbonyl (C=O) groups is 2. The lowest BCUT2D eigenvalue weighted by atomic mass is 9.86. The smallest absolute Gasteiger partial charge is 0.261 e. The van der Waals surface area contributed by atoms with Crippen molar-refractivity contribution in [2.45, 2.75) is 65.0 Å². The molecule has 3 aromatic rings. The molecule has 2 amide bonds. The molecule has 0 aliphatic heterocycles. The van der Waals surface area contributed by atoms with Crippen LogP contribution in [0.1, 0.15) is 57.2 Å². The van der Waals surface area contributed by atoms with E-state index in [1.54, 1.807) is 4.90 Å². The highest BCUT2D eigenvalue weighted by atomic mass is 16.5. The Morgan fingerprint density at radius 2 is 1.46 bits per heavy atom. The summed E-state index contributed by atoms with van der Waals surface area (Å²) in [6.07, 6.45) is 2.30. The second kappa shape index (κ2) is 13.6. The number of nitrogens with one attached hydrogen (secondary N) is 1. The molecule has 0 radical (unpaired) electrons. The molecule has 5 heteroatoms. The van der Waals surface area contributed by atoms with Gasteiger partial charge in [0, 0.05) is 19.5 Å². The van der Waals surface area contributed by atoms with Crippen LogP contribution in [0, 0.1) is 0 Å². The summed E-state index contributed by atoms with van der Waals surface area (Å²) >= 11 is 0. The van der Waals surface area contributed by atoms with Crippen molar-refractivity contribution in [3.05, 3.63) is 102 Å². The topological polar surface area (TPSA) is 58.6 Å². The molecule has 0 aliphatic rings. The van der Waals surface area contributed by atoms with E-state index in [-0.39, 0.29) is 23.8 Å². The largest absolute Gasteiger partial charge is 0.483 e. The average molecular weight is 501 g/mol. The van der Waals surface area contributed by atoms with Gasteiger partial charge in [0.15, 0.2) is 6.61 Å². The summed E-state index contributed by atoms with van der Waals surface area (Å²) in [5.74, 6) is 0.325. The molecule has 1 atom stereocenters. The zero-order chi connectivity index (χ0) is 26.7. The van der Waals surface area contributed by atoms with Gasteiger partial charge in [-0.2, -0.15) is 0 Å². The number of ether oxygens (including phenoxy) is 1. The van der Waals surface area contributed by atoms with E-state index < -0.39 is 6.04 Å². The van der Waals surface area contributed by atoms with E-state index in [0.717, 1.165) is 29.5 Å². The second-order valence-electron chi connectivity index (χ2n) is 10.4. The Labute approximate surface area is 221 Å². The molecular formula is C32H40N2O3. The van der Waals surface area contributed by atoms with Gasteiger partial charge in [0.1, 0.15) is 11.8 Å². The number of hydrogen-bond acceptors (Lipinski definition) is 3. The zero-order valence-corrected chi connectivity index (χ0v) is 22.6. The Morgan fingerprint density at radius 3 is 2.08 bits per heavy atom. The summed E-state index contributed by atoms with van der Waals surface area (Å²) in [6.45, 7) is 9.21. The molecule has 1 N–H and O–H groups in total. The van der Waals surface area contributed by atoms with Crippen LogP contribution >= 0.6 is 0 Å². The Morgan fingerprint density at radius 1 is 0.865 bits per heavy atom. The number of benzene rings is 3. The van der Waals surface area contributed by atoms with Crippen LogP contribution in [0.15, 0.2) is 84.9 Å². The highest BCUT2D eigenvalue weighted by Gasteiger charge is 2.31. The maximum absolute atomic E-state index is 13.8. The summed E-state index contributed by atoms with van der Waals surface area (Å²) < 4.78 is 6.10. The van der Waals surface area contributed by atoms with Gasteiger partial charge in [0.2, 0.25) is 5.91 Å². The number of para-hydroxylation sites is 1. The minimum absolute atomic E-state index is 0.127. The standard InChI is InChI=1S/C32H40N2O3/c1-5-6-21-33-31(36)28(22-25-15-9-7-10-16-25)34(23-26-17-11-8-12-18-26)30(35)24-37-29-20-14-13-19-27(29)32(2,3)4/h7-20,28H,5-6,21-24H2,1-4H3,(H,33,36). The van der Waals surface area contributed by atoms with Gasteiger partial charge in [-0.3, -0.25) is 9.59 Å². The minimum Gasteiger partial charge on any atom is -0.483 e. The summed E-state index contributed by atoms with van der Waals surface area (Å²) in [5.41, 5.74) is 2.88. The number of amides is 2. The summed E-state index contributed by atoms with van der Waals surface area (Å²) in [4.78, 5) is 28.9. The van der Waals surface area contributed by atoms with Crippen LogP contribution in [0.3, 0.4) is 0 Å². The van der Waals surface area contributed by atoms with Gasteiger partial charge in [0.25, 0.3) is 5.91 Å². The van der Waals surface area contributed by atoms with Gasteiger partial charge in [0.05, 0.1) is 0 Å². The lowest BCUT2D eigenvalue weighted by Gasteiger charge is -2.32. The third kappa shape index (κ3) is 8.49. The van der Waals surface area contributed by atoms with Crippen LogP contribution in [0.25, 0.3) is 0 Å². The molecule has 3 rings (SSSR count). The Hall–Kier alpha value is -3.60. The molecule has 0 bridgehead atoms. The lowest BCUT2D eigenvalue weighted by Crippen LogP contribution is -2.51. The SMILES string of the molecule is CCCCNC(=O)C(Cc1ccccc1)N(Cc1ccccc1)C(=O)COc1ccccc1C(C)(C)C. The van der Waals surface area contributed by atoms with Crippen LogP contribution in [0.5, 0.6) is 5.75 Å². The molecule has 0 aliphatic carbocycles. The predicted molar refractivity (Wildman–Crippen MR) is 149 cm³/mol. The van der Waals surface area contributed by atoms with Crippen LogP contribution in [0.4, 0.5) is 0 Å². The monoisotopic (exact) mass is 500 g/mol. The molecule has 0 heterocycles. The number of carbonyl (C=O) groups excluding carboxylic acids is 2. The van der Waals surface area contributed by atoms with Gasteiger partial charge in [-0.05, 0) is 34.6 Å². The maximum Gasteiger partial charge on any atom is 0.261 e. The molecular weight excluding hydrogens is 460 g/mol. The van der Waals surface area contributed by atoms with Crippen molar-refractivity contribution in [2.75, 3.05) is 13.2 Å². The fourth-order valence-corrected chi connectivity index (χ4v) is 4.27. The highest BCUT2D eigenvalue weighted by molar-refractivity contribution is 5.88. The number of hydrogen-bond donors (Lipinski definition) is 1. The average Bonchev–Trinajstić information content (AvgIpc) is 2.90. The molecule has 0 saturated carbocycles. The van der Waals surface area contributed by atoms with Crippen molar-refractivity contribution >= 4 is 11.8 Å². The van der Waals surface area contributed by atoms with Crippen LogP contribution < -0.4 is 10.1 Å². The van der Waals surface area contributed by atoms with E-state index >= 15 is 0 Å². The van der Waals surface area contributed by atoms with E-state index in [9.17, 15) is 9.59 Å². The van der Waals surface area contributed by atoms with Crippen molar-refractivity contribution in [1.29, 1.82) is 0 Å². The quantitative estimate of drug-likeness (QED) is 0.314. The number of rotatable bonds is 12. The molecule has 3 aromatic carbocycles. The summed E-state index contributed by atoms with van der Waals surface area (Å²) in [5, 5.41) is 3.05. The van der Waals surface area contributed by atoms with E-state index in [2.05, 4.69) is 33.0 Å². The minimum atomic E-state index is -0.659. The van der Waals surface area contributed by atoms with Gasteiger partial charge in [-0.25, -0.2) is 0 Å². The fourth-order valence-electron chi connectivity index (χ4n) is 4.27. The van der Waals surface area contributed by atoms with Crippen LogP contribution in [-0.4, -0.2) is 35.9 Å². The molecule has 196 valence electrons. The van der Waals surface area contributed by atoms with E-state index in [1.165, 1.54) is 0 Å². The summed E-state index contributed by atoms with van der Waals surface area (Å²) in [6, 6.07) is 26.8. The van der Waals surface area contributed by atoms with Crippen molar-refractivity contribution < 1.29 is 14.3 Å². The van der Waals surface area contributed by atoms with Crippen molar-refractivity contribution in [2.24, 2.45) is 0 Å². The molecule has 5 nitrogen and oxygen atoms in total. The van der Waals surface area contributed by atoms with Gasteiger partial charge >= 0.3 is 0 Å². The van der Waals surface area contributed by atoms with Gasteiger partial charge in [-0.1, -0.05) is 113 Å². The van der Waals surface area contributed by atoms with Gasteiger partial charge < -0.3 is 15.0 Å². The van der Waals surface area contributed by atoms with Crippen LogP contribution in [-0.2, 0) is 28.0 Å². The molecule has 0 fully saturated rings. The highest BCUT2D eigenvalue weighted by Crippen LogP contribution is 2.31. The number of nitrogens with zero attached hydrogens (tertiary/aromatic N) is 1. The van der Waals surface area contributed by atoms with Crippen molar-refractivity contribution in [3.63, 3.8) is 0 Å². The predicted octanol–water partition coefficient (Wildman–Crippen LogP) is 5.92. The normalized spacial score (nSPS) is 12.0. The molecule has 0 saturated heterocycles. The Balaban J connectivity index is 1.90. The third-order valence-corrected chi connectivity index (χ3v) is 6.34. The summed E-state index contributed by atoms with van der Waals surface area (Å²) in [7, 11) is 0. The molecule has 37 heavy (non-hydrogen) atoms. The first-order valence-corrected chi connectivity index (χ1v) is 13.2. The third-order valence-electron chi connectivity index (χ3n) is 6.34.